The van der Waals surface area contributed by atoms with Gasteiger partial charge in [-0.25, -0.2) is 0 Å². The first kappa shape index (κ1) is 25.3. The van der Waals surface area contributed by atoms with Crippen molar-refractivity contribution >= 4 is 37.2 Å². The van der Waals surface area contributed by atoms with Crippen molar-refractivity contribution in [1.82, 2.24) is 0 Å². The van der Waals surface area contributed by atoms with Crippen LogP contribution in [0.5, 0.6) is 17.2 Å². The van der Waals surface area contributed by atoms with Crippen molar-refractivity contribution < 1.29 is 18.9 Å². The minimum absolute atomic E-state index is 0.0300. The van der Waals surface area contributed by atoms with Gasteiger partial charge in [-0.3, -0.25) is 14.9 Å². The molecule has 9 heteroatoms. The first-order valence-corrected chi connectivity index (χ1v) is 14.0. The monoisotopic (exact) mass is 498 g/mol. The third kappa shape index (κ3) is 6.15. The van der Waals surface area contributed by atoms with Gasteiger partial charge in [0.15, 0.2) is 0 Å². The number of nitro groups is 1. The summed E-state index contributed by atoms with van der Waals surface area (Å²) in [5, 5.41) is 14.4. The number of hydrogen-bond acceptors (Lipinski definition) is 5. The molecule has 1 amide bonds. The molecule has 0 bridgehead atoms. The van der Waals surface area contributed by atoms with Crippen LogP contribution < -0.4 is 14.5 Å². The number of anilines is 1. The van der Waals surface area contributed by atoms with E-state index in [1.165, 1.54) is 24.3 Å². The number of ether oxygens (including phenoxy) is 1. The standard InChI is InChI=1S/C25H27ClN2O5Si/c1-25(2,3)34(4,5)33-21-11-7-9-19(16-21)27-24(29)17-8-6-10-20(14-17)32-23-13-12-18(26)15-22(23)28(30)31/h6-16H,1-5H3,(H,27,29). The Morgan fingerprint density at radius 2 is 1.68 bits per heavy atom. The fourth-order valence-electron chi connectivity index (χ4n) is 2.84. The zero-order valence-corrected chi connectivity index (χ0v) is 21.5. The summed E-state index contributed by atoms with van der Waals surface area (Å²) in [6.07, 6.45) is 0. The predicted octanol–water partition coefficient (Wildman–Crippen LogP) is 7.68. The van der Waals surface area contributed by atoms with Gasteiger partial charge in [0.25, 0.3) is 5.91 Å². The van der Waals surface area contributed by atoms with E-state index < -0.39 is 13.2 Å². The number of carbonyl (C=O) groups excluding carboxylic acids is 1. The van der Waals surface area contributed by atoms with E-state index in [0.29, 0.717) is 17.0 Å². The molecule has 0 heterocycles. The summed E-state index contributed by atoms with van der Waals surface area (Å²) >= 11 is 5.86. The molecule has 0 spiro atoms. The molecule has 0 saturated carbocycles. The topological polar surface area (TPSA) is 90.7 Å². The molecule has 0 radical (unpaired) electrons. The number of hydrogen-bond donors (Lipinski definition) is 1. The van der Waals surface area contributed by atoms with Gasteiger partial charge in [0.1, 0.15) is 11.5 Å². The molecule has 0 saturated heterocycles. The molecule has 0 aliphatic heterocycles. The number of halogens is 1. The number of nitrogens with one attached hydrogen (secondary N) is 1. The highest BCUT2D eigenvalue weighted by Crippen LogP contribution is 2.38. The fraction of sp³-hybridized carbons (Fsp3) is 0.240. The van der Waals surface area contributed by atoms with E-state index in [0.717, 1.165) is 0 Å². The molecule has 178 valence electrons. The first-order chi connectivity index (χ1) is 15.9. The average Bonchev–Trinajstić information content (AvgIpc) is 2.74. The number of rotatable bonds is 7. The van der Waals surface area contributed by atoms with Crippen molar-refractivity contribution in [3.05, 3.63) is 87.4 Å². The van der Waals surface area contributed by atoms with Gasteiger partial charge in [-0.1, -0.05) is 44.5 Å². The molecule has 1 N–H and O–H groups in total. The average molecular weight is 499 g/mol. The van der Waals surface area contributed by atoms with Crippen molar-refractivity contribution in [3.8, 4) is 17.2 Å². The van der Waals surface area contributed by atoms with Gasteiger partial charge < -0.3 is 14.5 Å². The minimum atomic E-state index is -2.02. The maximum Gasteiger partial charge on any atom is 0.313 e. The van der Waals surface area contributed by atoms with Gasteiger partial charge in [0.2, 0.25) is 14.1 Å². The maximum absolute atomic E-state index is 12.9. The van der Waals surface area contributed by atoms with Crippen LogP contribution in [0.2, 0.25) is 23.2 Å². The predicted molar refractivity (Wildman–Crippen MR) is 137 cm³/mol. The second kappa shape index (κ2) is 9.86. The van der Waals surface area contributed by atoms with E-state index in [9.17, 15) is 14.9 Å². The van der Waals surface area contributed by atoms with E-state index in [-0.39, 0.29) is 33.2 Å². The van der Waals surface area contributed by atoms with Crippen molar-refractivity contribution in [1.29, 1.82) is 0 Å². The molecule has 3 aromatic carbocycles. The van der Waals surface area contributed by atoms with Crippen molar-refractivity contribution in [2.45, 2.75) is 38.9 Å². The third-order valence-electron chi connectivity index (χ3n) is 5.71. The van der Waals surface area contributed by atoms with Gasteiger partial charge >= 0.3 is 5.69 Å². The van der Waals surface area contributed by atoms with Crippen molar-refractivity contribution in [3.63, 3.8) is 0 Å². The lowest BCUT2D eigenvalue weighted by atomic mass is 10.2. The number of carbonyl (C=O) groups is 1. The fourth-order valence-corrected chi connectivity index (χ4v) is 4.02. The Kier molecular flexibility index (Phi) is 7.33. The van der Waals surface area contributed by atoms with Crippen molar-refractivity contribution in [2.24, 2.45) is 0 Å². The van der Waals surface area contributed by atoms with E-state index in [1.807, 2.05) is 12.1 Å². The van der Waals surface area contributed by atoms with Gasteiger partial charge in [0.05, 0.1) is 4.92 Å². The number of nitro benzene ring substituents is 1. The maximum atomic E-state index is 12.9. The molecule has 3 rings (SSSR count). The first-order valence-electron chi connectivity index (χ1n) is 10.7. The van der Waals surface area contributed by atoms with Crippen molar-refractivity contribution in [2.75, 3.05) is 5.32 Å². The summed E-state index contributed by atoms with van der Waals surface area (Å²) in [4.78, 5) is 23.6. The molecule has 0 fully saturated rings. The van der Waals surface area contributed by atoms with Crippen LogP contribution in [0.15, 0.2) is 66.7 Å². The molecular formula is C25H27ClN2O5Si. The van der Waals surface area contributed by atoms with E-state index in [4.69, 9.17) is 20.8 Å². The van der Waals surface area contributed by atoms with E-state index >= 15 is 0 Å². The van der Waals surface area contributed by atoms with Crippen LogP contribution >= 0.6 is 11.6 Å². The molecule has 0 unspecified atom stereocenters. The SMILES string of the molecule is CC(C)(C)[Si](C)(C)Oc1cccc(NC(=O)c2cccc(Oc3ccc(Cl)cc3[N+](=O)[O-])c2)c1. The zero-order valence-electron chi connectivity index (χ0n) is 19.7. The van der Waals surface area contributed by atoms with Crippen LogP contribution in [0.1, 0.15) is 31.1 Å². The summed E-state index contributed by atoms with van der Waals surface area (Å²) in [5.74, 6) is 0.674. The third-order valence-corrected chi connectivity index (χ3v) is 10.3. The second-order valence-corrected chi connectivity index (χ2v) is 14.5. The number of nitrogens with zero attached hydrogens (tertiary/aromatic N) is 1. The molecule has 0 atom stereocenters. The smallest absolute Gasteiger partial charge is 0.313 e. The van der Waals surface area contributed by atoms with Crippen LogP contribution in [0.3, 0.4) is 0 Å². The van der Waals surface area contributed by atoms with Gasteiger partial charge in [-0.2, -0.15) is 0 Å². The van der Waals surface area contributed by atoms with Crippen LogP contribution in [0.4, 0.5) is 11.4 Å². The Morgan fingerprint density at radius 3 is 2.35 bits per heavy atom. The molecule has 0 aliphatic rings. The molecule has 0 aromatic heterocycles. The molecule has 3 aromatic rings. The van der Waals surface area contributed by atoms with Gasteiger partial charge in [0, 0.05) is 28.4 Å². The zero-order chi connectivity index (χ0) is 25.1. The number of amides is 1. The summed E-state index contributed by atoms with van der Waals surface area (Å²) in [5.41, 5.74) is 0.673. The lowest BCUT2D eigenvalue weighted by molar-refractivity contribution is -0.385. The highest BCUT2D eigenvalue weighted by molar-refractivity contribution is 6.74. The Bertz CT molecular complexity index is 1220. The Labute approximate surface area is 204 Å². The Balaban J connectivity index is 1.76. The second-order valence-electron chi connectivity index (χ2n) is 9.34. The van der Waals surface area contributed by atoms with Crippen LogP contribution in [0.25, 0.3) is 0 Å². The lowest BCUT2D eigenvalue weighted by Crippen LogP contribution is -2.43. The Morgan fingerprint density at radius 1 is 1.00 bits per heavy atom. The van der Waals surface area contributed by atoms with Crippen LogP contribution in [-0.4, -0.2) is 19.1 Å². The quantitative estimate of drug-likeness (QED) is 0.205. The largest absolute Gasteiger partial charge is 0.543 e. The van der Waals surface area contributed by atoms with Gasteiger partial charge in [-0.15, -0.1) is 0 Å². The lowest BCUT2D eigenvalue weighted by Gasteiger charge is -2.36. The van der Waals surface area contributed by atoms with Crippen LogP contribution in [0, 0.1) is 10.1 Å². The normalized spacial score (nSPS) is 11.6. The highest BCUT2D eigenvalue weighted by atomic mass is 35.5. The van der Waals surface area contributed by atoms with Crippen LogP contribution in [-0.2, 0) is 0 Å². The summed E-state index contributed by atoms with van der Waals surface area (Å²) in [6, 6.07) is 17.8. The summed E-state index contributed by atoms with van der Waals surface area (Å²) in [6.45, 7) is 10.8. The molecule has 7 nitrogen and oxygen atoms in total. The molecule has 0 aliphatic carbocycles. The highest BCUT2D eigenvalue weighted by Gasteiger charge is 2.39. The Hall–Kier alpha value is -3.36. The van der Waals surface area contributed by atoms with E-state index in [2.05, 4.69) is 39.2 Å². The van der Waals surface area contributed by atoms with Gasteiger partial charge in [-0.05, 0) is 60.6 Å². The van der Waals surface area contributed by atoms with E-state index in [1.54, 1.807) is 30.3 Å². The number of benzene rings is 3. The molecular weight excluding hydrogens is 472 g/mol. The minimum Gasteiger partial charge on any atom is -0.543 e. The summed E-state index contributed by atoms with van der Waals surface area (Å²) < 4.78 is 12.0. The molecule has 34 heavy (non-hydrogen) atoms. The summed E-state index contributed by atoms with van der Waals surface area (Å²) in [7, 11) is -2.02.